The minimum absolute atomic E-state index is 0.196. The molecule has 4 heteroatoms. The highest BCUT2D eigenvalue weighted by Gasteiger charge is 2.26. The Morgan fingerprint density at radius 1 is 0.792 bits per heavy atom. The first-order valence-electron chi connectivity index (χ1n) is 8.20. The Balaban J connectivity index is 2.55. The highest BCUT2D eigenvalue weighted by Crippen LogP contribution is 2.54. The van der Waals surface area contributed by atoms with E-state index in [0.717, 1.165) is 16.7 Å². The van der Waals surface area contributed by atoms with Gasteiger partial charge >= 0.3 is 7.60 Å². The van der Waals surface area contributed by atoms with Crippen LogP contribution in [-0.2, 0) is 13.6 Å². The van der Waals surface area contributed by atoms with Crippen LogP contribution in [0.15, 0.2) is 66.5 Å². The second-order valence-electron chi connectivity index (χ2n) is 6.12. The Morgan fingerprint density at radius 3 is 1.50 bits per heavy atom. The van der Waals surface area contributed by atoms with E-state index in [1.165, 1.54) is 0 Å². The molecule has 0 aliphatic carbocycles. The Labute approximate surface area is 144 Å². The number of benzene rings is 2. The molecule has 0 radical (unpaired) electrons. The van der Waals surface area contributed by atoms with Crippen LogP contribution in [0, 0.1) is 0 Å². The molecule has 3 nitrogen and oxygen atoms in total. The fourth-order valence-electron chi connectivity index (χ4n) is 2.38. The molecule has 128 valence electrons. The lowest BCUT2D eigenvalue weighted by Gasteiger charge is -2.21. The molecule has 0 aliphatic heterocycles. The molecule has 0 unspecified atom stereocenters. The zero-order chi connectivity index (χ0) is 17.6. The molecule has 2 aromatic carbocycles. The van der Waals surface area contributed by atoms with Gasteiger partial charge in [0.05, 0.1) is 12.2 Å². The van der Waals surface area contributed by atoms with Crippen LogP contribution in [0.3, 0.4) is 0 Å². The lowest BCUT2D eigenvalue weighted by atomic mass is 10.00. The molecule has 0 atom stereocenters. The summed E-state index contributed by atoms with van der Waals surface area (Å²) in [7, 11) is -3.38. The van der Waals surface area contributed by atoms with Gasteiger partial charge < -0.3 is 9.05 Å². The highest BCUT2D eigenvalue weighted by atomic mass is 31.2. The molecule has 0 heterocycles. The zero-order valence-corrected chi connectivity index (χ0v) is 15.6. The minimum atomic E-state index is -3.38. The predicted molar refractivity (Wildman–Crippen MR) is 100 cm³/mol. The molecule has 2 aromatic rings. The predicted octanol–water partition coefficient (Wildman–Crippen LogP) is 6.12. The fraction of sp³-hybridized carbons (Fsp3) is 0.300. The average Bonchev–Trinajstić information content (AvgIpc) is 2.53. The van der Waals surface area contributed by atoms with Crippen molar-refractivity contribution in [1.29, 1.82) is 0 Å². The molecule has 0 saturated carbocycles. The van der Waals surface area contributed by atoms with Crippen LogP contribution in [0.5, 0.6) is 0 Å². The molecule has 0 saturated heterocycles. The molecule has 0 aliphatic rings. The lowest BCUT2D eigenvalue weighted by molar-refractivity contribution is 0.149. The summed E-state index contributed by atoms with van der Waals surface area (Å²) in [6.07, 6.45) is -0.391. The molecule has 0 aromatic heterocycles. The molecular formula is C20H25O3P. The zero-order valence-electron chi connectivity index (χ0n) is 14.7. The first kappa shape index (κ1) is 18.7. The van der Waals surface area contributed by atoms with E-state index in [1.54, 1.807) is 5.82 Å². The first-order valence-corrected chi connectivity index (χ1v) is 9.81. The molecule has 0 bridgehead atoms. The van der Waals surface area contributed by atoms with Gasteiger partial charge in [0.15, 0.2) is 0 Å². The van der Waals surface area contributed by atoms with Crippen LogP contribution in [0.25, 0.3) is 5.57 Å². The van der Waals surface area contributed by atoms with Gasteiger partial charge in [-0.15, -0.1) is 0 Å². The topological polar surface area (TPSA) is 35.5 Å². The van der Waals surface area contributed by atoms with Crippen molar-refractivity contribution in [3.63, 3.8) is 0 Å². The second kappa shape index (κ2) is 8.43. The van der Waals surface area contributed by atoms with Crippen molar-refractivity contribution in [2.45, 2.75) is 39.9 Å². The Hall–Kier alpha value is -1.67. The van der Waals surface area contributed by atoms with Gasteiger partial charge in [-0.2, -0.15) is 0 Å². The van der Waals surface area contributed by atoms with E-state index in [-0.39, 0.29) is 12.2 Å². The van der Waals surface area contributed by atoms with Crippen molar-refractivity contribution >= 4 is 13.2 Å². The Kier molecular flexibility index (Phi) is 6.56. The molecule has 0 spiro atoms. The van der Waals surface area contributed by atoms with Crippen LogP contribution in [0.4, 0.5) is 0 Å². The monoisotopic (exact) mass is 344 g/mol. The van der Waals surface area contributed by atoms with E-state index in [0.29, 0.717) is 0 Å². The third-order valence-electron chi connectivity index (χ3n) is 3.17. The van der Waals surface area contributed by atoms with E-state index < -0.39 is 7.60 Å². The summed E-state index contributed by atoms with van der Waals surface area (Å²) in [4.78, 5) is 0. The summed E-state index contributed by atoms with van der Waals surface area (Å²) in [5.74, 6) is 1.65. The van der Waals surface area contributed by atoms with Crippen LogP contribution >= 0.6 is 7.60 Å². The van der Waals surface area contributed by atoms with Gasteiger partial charge in [0.2, 0.25) is 0 Å². The Morgan fingerprint density at radius 2 is 1.17 bits per heavy atom. The van der Waals surface area contributed by atoms with Crippen molar-refractivity contribution in [2.75, 3.05) is 0 Å². The maximum Gasteiger partial charge on any atom is 0.355 e. The van der Waals surface area contributed by atoms with Crippen LogP contribution in [0.1, 0.15) is 38.8 Å². The van der Waals surface area contributed by atoms with Gasteiger partial charge in [-0.3, -0.25) is 4.57 Å². The first-order chi connectivity index (χ1) is 11.4. The minimum Gasteiger partial charge on any atom is -0.303 e. The summed E-state index contributed by atoms with van der Waals surface area (Å²) >= 11 is 0. The van der Waals surface area contributed by atoms with Crippen LogP contribution in [-0.4, -0.2) is 12.2 Å². The molecule has 0 amide bonds. The van der Waals surface area contributed by atoms with E-state index >= 15 is 0 Å². The quantitative estimate of drug-likeness (QED) is 0.568. The number of rotatable bonds is 7. The molecule has 2 rings (SSSR count). The number of hydrogen-bond donors (Lipinski definition) is 0. The van der Waals surface area contributed by atoms with Crippen molar-refractivity contribution in [1.82, 2.24) is 0 Å². The highest BCUT2D eigenvalue weighted by molar-refractivity contribution is 7.57. The standard InChI is InChI=1S/C20H25O3P/c1-16(2)22-24(21,23-17(3)4)15-20(18-11-7-5-8-12-18)19-13-9-6-10-14-19/h5-17H,1-4H3. The fourth-order valence-corrected chi connectivity index (χ4v) is 4.34. The largest absolute Gasteiger partial charge is 0.355 e. The maximum absolute atomic E-state index is 13.3. The molecule has 0 N–H and O–H groups in total. The summed E-state index contributed by atoms with van der Waals surface area (Å²) in [5, 5.41) is 0. The SMILES string of the molecule is CC(C)OP(=O)(C=C(c1ccccc1)c1ccccc1)OC(C)C. The summed E-state index contributed by atoms with van der Waals surface area (Å²) in [5.41, 5.74) is 2.80. The average molecular weight is 344 g/mol. The molecule has 24 heavy (non-hydrogen) atoms. The normalized spacial score (nSPS) is 11.8. The van der Waals surface area contributed by atoms with Crippen molar-refractivity contribution in [2.24, 2.45) is 0 Å². The third-order valence-corrected chi connectivity index (χ3v) is 5.18. The van der Waals surface area contributed by atoms with Crippen molar-refractivity contribution < 1.29 is 13.6 Å². The second-order valence-corrected chi connectivity index (χ2v) is 7.88. The smallest absolute Gasteiger partial charge is 0.303 e. The maximum atomic E-state index is 13.3. The van der Waals surface area contributed by atoms with Gasteiger partial charge in [0, 0.05) is 5.82 Å². The van der Waals surface area contributed by atoms with Crippen molar-refractivity contribution in [3.05, 3.63) is 77.6 Å². The van der Waals surface area contributed by atoms with E-state index in [4.69, 9.17) is 9.05 Å². The van der Waals surface area contributed by atoms with E-state index in [2.05, 4.69) is 0 Å². The number of hydrogen-bond acceptors (Lipinski definition) is 3. The summed E-state index contributed by atoms with van der Waals surface area (Å²) in [6.45, 7) is 7.42. The summed E-state index contributed by atoms with van der Waals surface area (Å²) < 4.78 is 24.6. The van der Waals surface area contributed by atoms with Gasteiger partial charge in [0.25, 0.3) is 0 Å². The third kappa shape index (κ3) is 5.45. The van der Waals surface area contributed by atoms with Gasteiger partial charge in [-0.25, -0.2) is 0 Å². The molecule has 0 fully saturated rings. The Bertz CT molecular complexity index is 651. The van der Waals surface area contributed by atoms with Gasteiger partial charge in [-0.05, 0) is 44.4 Å². The van der Waals surface area contributed by atoms with Crippen LogP contribution in [0.2, 0.25) is 0 Å². The summed E-state index contributed by atoms with van der Waals surface area (Å²) in [6, 6.07) is 19.7. The van der Waals surface area contributed by atoms with Gasteiger partial charge in [-0.1, -0.05) is 60.7 Å². The lowest BCUT2D eigenvalue weighted by Crippen LogP contribution is -2.07. The molecular weight excluding hydrogens is 319 g/mol. The van der Waals surface area contributed by atoms with Crippen LogP contribution < -0.4 is 0 Å². The van der Waals surface area contributed by atoms with E-state index in [1.807, 2.05) is 88.4 Å². The van der Waals surface area contributed by atoms with Gasteiger partial charge in [0.1, 0.15) is 0 Å². The van der Waals surface area contributed by atoms with Crippen molar-refractivity contribution in [3.8, 4) is 0 Å². The van der Waals surface area contributed by atoms with E-state index in [9.17, 15) is 4.57 Å².